The summed E-state index contributed by atoms with van der Waals surface area (Å²) < 4.78 is 11.9. The highest BCUT2D eigenvalue weighted by Gasteiger charge is 2.25. The first-order valence-electron chi connectivity index (χ1n) is 12.8. The van der Waals surface area contributed by atoms with Gasteiger partial charge in [-0.05, 0) is 71.8 Å². The van der Waals surface area contributed by atoms with E-state index in [0.717, 1.165) is 0 Å². The summed E-state index contributed by atoms with van der Waals surface area (Å²) in [5.74, 6) is 0.409. The quantitative estimate of drug-likeness (QED) is 0.186. The molecule has 8 nitrogen and oxygen atoms in total. The van der Waals surface area contributed by atoms with Gasteiger partial charge >= 0.3 is 0 Å². The van der Waals surface area contributed by atoms with E-state index in [9.17, 15) is 29.4 Å². The summed E-state index contributed by atoms with van der Waals surface area (Å²) in [7, 11) is 0. The summed E-state index contributed by atoms with van der Waals surface area (Å²) >= 11 is 0. The number of fused-ring (bicyclic) bond motifs is 4. The molecule has 0 fully saturated rings. The maximum absolute atomic E-state index is 12.5. The van der Waals surface area contributed by atoms with Crippen molar-refractivity contribution in [1.29, 1.82) is 0 Å². The second-order valence-electron chi connectivity index (χ2n) is 9.89. The molecule has 0 unspecified atom stereocenters. The highest BCUT2D eigenvalue weighted by molar-refractivity contribution is 6.11. The fraction of sp³-hybridized carbons (Fsp3) is 0. The number of carbonyl (C=O) groups excluding carboxylic acids is 2. The Hall–Kier alpha value is -6.02. The summed E-state index contributed by atoms with van der Waals surface area (Å²) in [6.45, 7) is 0. The Labute approximate surface area is 236 Å². The van der Waals surface area contributed by atoms with Crippen LogP contribution < -0.4 is 10.9 Å². The number of phenols is 2. The Morgan fingerprint density at radius 1 is 0.500 bits per heavy atom. The molecule has 0 spiro atoms. The fourth-order valence-corrected chi connectivity index (χ4v) is 5.56. The second-order valence-corrected chi connectivity index (χ2v) is 9.89. The lowest BCUT2D eigenvalue weighted by atomic mass is 9.85. The van der Waals surface area contributed by atoms with Crippen molar-refractivity contribution in [3.05, 3.63) is 117 Å². The predicted molar refractivity (Wildman–Crippen MR) is 157 cm³/mol. The van der Waals surface area contributed by atoms with Crippen LogP contribution in [-0.4, -0.2) is 22.8 Å². The molecule has 0 saturated carbocycles. The van der Waals surface area contributed by atoms with Gasteiger partial charge in [-0.3, -0.25) is 19.2 Å². The molecule has 0 bridgehead atoms. The van der Waals surface area contributed by atoms with Crippen LogP contribution in [0, 0.1) is 0 Å². The Morgan fingerprint density at radius 2 is 0.952 bits per heavy atom. The number of carbonyl (C=O) groups is 2. The van der Waals surface area contributed by atoms with Crippen molar-refractivity contribution in [2.75, 3.05) is 0 Å². The molecule has 2 heterocycles. The van der Waals surface area contributed by atoms with Crippen molar-refractivity contribution < 1.29 is 28.6 Å². The molecule has 42 heavy (non-hydrogen) atoms. The largest absolute Gasteiger partial charge is 0.508 e. The van der Waals surface area contributed by atoms with Crippen molar-refractivity contribution in [1.82, 2.24) is 0 Å². The summed E-state index contributed by atoms with van der Waals surface area (Å²) in [5, 5.41) is 21.4. The molecule has 0 saturated heterocycles. The topological polar surface area (TPSA) is 135 Å². The lowest BCUT2D eigenvalue weighted by Crippen LogP contribution is -2.03. The molecule has 3 aromatic rings. The minimum atomic E-state index is -0.281. The van der Waals surface area contributed by atoms with Crippen LogP contribution >= 0.6 is 0 Å². The third kappa shape index (κ3) is 3.85. The summed E-state index contributed by atoms with van der Waals surface area (Å²) in [4.78, 5) is 49.4. The molecular weight excluding hydrogens is 536 g/mol. The molecule has 3 aromatic carbocycles. The van der Waals surface area contributed by atoms with Gasteiger partial charge in [0.05, 0.1) is 0 Å². The van der Waals surface area contributed by atoms with Gasteiger partial charge in [0, 0.05) is 68.4 Å². The molecule has 0 aromatic heterocycles. The van der Waals surface area contributed by atoms with Gasteiger partial charge in [-0.15, -0.1) is 0 Å². The van der Waals surface area contributed by atoms with Gasteiger partial charge < -0.3 is 19.0 Å². The van der Waals surface area contributed by atoms with Crippen LogP contribution in [0.3, 0.4) is 0 Å². The van der Waals surface area contributed by atoms with Gasteiger partial charge in [-0.1, -0.05) is 0 Å². The normalized spacial score (nSPS) is 11.4. The SMILES string of the molecule is O=Cc1cc(C=O)c(-c2c3ccc(=O)cc-3oc3cc(O)ccc23)cc1-c1c2ccc(=O)cc-2oc2cc(O)ccc12. The van der Waals surface area contributed by atoms with Gasteiger partial charge in [0.25, 0.3) is 0 Å². The van der Waals surface area contributed by atoms with Crippen molar-refractivity contribution in [2.24, 2.45) is 0 Å². The average Bonchev–Trinajstić information content (AvgIpc) is 2.97. The first-order valence-corrected chi connectivity index (χ1v) is 12.8. The number of phenolic OH excluding ortho intramolecular Hbond substituents is 2. The van der Waals surface area contributed by atoms with Crippen LogP contribution in [0.25, 0.3) is 66.8 Å². The van der Waals surface area contributed by atoms with E-state index in [1.165, 1.54) is 54.6 Å². The van der Waals surface area contributed by atoms with Gasteiger partial charge in [0.2, 0.25) is 0 Å². The number of hydrogen-bond acceptors (Lipinski definition) is 8. The lowest BCUT2D eigenvalue weighted by molar-refractivity contribution is 0.112. The molecule has 4 aliphatic rings. The minimum Gasteiger partial charge on any atom is -0.508 e. The zero-order chi connectivity index (χ0) is 29.1. The van der Waals surface area contributed by atoms with Crippen LogP contribution in [0.5, 0.6) is 11.5 Å². The molecule has 202 valence electrons. The van der Waals surface area contributed by atoms with E-state index in [4.69, 9.17) is 8.83 Å². The lowest BCUT2D eigenvalue weighted by Gasteiger charge is -2.20. The molecule has 0 atom stereocenters. The molecular formula is C34H18O8. The third-order valence-electron chi connectivity index (χ3n) is 7.37. The van der Waals surface area contributed by atoms with E-state index in [-0.39, 0.29) is 56.2 Å². The van der Waals surface area contributed by atoms with Crippen LogP contribution in [-0.2, 0) is 0 Å². The van der Waals surface area contributed by atoms with Gasteiger partial charge in [-0.2, -0.15) is 0 Å². The van der Waals surface area contributed by atoms with Crippen molar-refractivity contribution in [2.45, 2.75) is 0 Å². The molecule has 8 heteroatoms. The zero-order valence-electron chi connectivity index (χ0n) is 21.6. The van der Waals surface area contributed by atoms with E-state index < -0.39 is 0 Å². The van der Waals surface area contributed by atoms with E-state index in [2.05, 4.69) is 0 Å². The van der Waals surface area contributed by atoms with Crippen molar-refractivity contribution in [3.8, 4) is 56.4 Å². The summed E-state index contributed by atoms with van der Waals surface area (Å²) in [5.41, 5.74) is 3.52. The molecule has 2 aliphatic carbocycles. The summed E-state index contributed by atoms with van der Waals surface area (Å²) in [6.07, 6.45) is 1.29. The fourth-order valence-electron chi connectivity index (χ4n) is 5.56. The van der Waals surface area contributed by atoms with Crippen molar-refractivity contribution in [3.63, 3.8) is 0 Å². The Bertz CT molecular complexity index is 2150. The van der Waals surface area contributed by atoms with Crippen LogP contribution in [0.15, 0.2) is 103 Å². The molecule has 0 radical (unpaired) electrons. The molecule has 7 rings (SSSR count). The molecule has 0 amide bonds. The molecule has 2 aliphatic heterocycles. The van der Waals surface area contributed by atoms with E-state index in [0.29, 0.717) is 56.7 Å². The maximum Gasteiger partial charge on any atom is 0.182 e. The first-order chi connectivity index (χ1) is 20.3. The number of hydrogen-bond donors (Lipinski definition) is 2. The van der Waals surface area contributed by atoms with Crippen LogP contribution in [0.1, 0.15) is 20.7 Å². The van der Waals surface area contributed by atoms with Crippen molar-refractivity contribution >= 4 is 34.5 Å². The van der Waals surface area contributed by atoms with Crippen LogP contribution in [0.2, 0.25) is 0 Å². The standard InChI is InChI=1S/C34H18O8/c35-15-17-9-18(16-36)28(34-25-7-3-21(39)12-31(25)42-32-13-22(40)4-8-26(32)34)14-27(17)33-23-5-1-19(37)10-29(23)41-30-11-20(38)2-6-24(30)33/h1-16,37,39H. The third-order valence-corrected chi connectivity index (χ3v) is 7.37. The van der Waals surface area contributed by atoms with Gasteiger partial charge in [-0.25, -0.2) is 0 Å². The predicted octanol–water partition coefficient (Wildman–Crippen LogP) is 6.48. The van der Waals surface area contributed by atoms with Crippen LogP contribution in [0.4, 0.5) is 0 Å². The highest BCUT2D eigenvalue weighted by Crippen LogP contribution is 2.46. The maximum atomic E-state index is 12.5. The van der Waals surface area contributed by atoms with Gasteiger partial charge in [0.15, 0.2) is 23.4 Å². The molecule has 2 N–H and O–H groups in total. The Balaban J connectivity index is 1.66. The monoisotopic (exact) mass is 554 g/mol. The number of rotatable bonds is 4. The minimum absolute atomic E-state index is 0.0469. The summed E-state index contributed by atoms with van der Waals surface area (Å²) in [6, 6.07) is 21.0. The zero-order valence-corrected chi connectivity index (χ0v) is 21.6. The van der Waals surface area contributed by atoms with E-state index in [1.54, 1.807) is 30.3 Å². The van der Waals surface area contributed by atoms with Gasteiger partial charge in [0.1, 0.15) is 34.2 Å². The number of aldehydes is 2. The smallest absolute Gasteiger partial charge is 0.182 e. The Kier molecular flexibility index (Phi) is 5.52. The van der Waals surface area contributed by atoms with E-state index in [1.807, 2.05) is 0 Å². The number of aromatic hydroxyl groups is 2. The van der Waals surface area contributed by atoms with E-state index >= 15 is 0 Å². The Morgan fingerprint density at radius 3 is 1.38 bits per heavy atom. The highest BCUT2D eigenvalue weighted by atomic mass is 16.3. The first kappa shape index (κ1) is 25.0. The number of benzene rings is 5. The second kappa shape index (κ2) is 9.28. The average molecular weight is 555 g/mol.